The highest BCUT2D eigenvalue weighted by Gasteiger charge is 2.44. The zero-order valence-electron chi connectivity index (χ0n) is 34.5. The van der Waals surface area contributed by atoms with Gasteiger partial charge in [-0.1, -0.05) is 62.4 Å². The molecule has 6 rings (SSSR count). The molecular weight excluding hydrogens is 745 g/mol. The lowest BCUT2D eigenvalue weighted by Crippen LogP contribution is -2.28. The standard InChI is InChI=1S/C48H58N4O3S2/c1-47(2)38-18-7-9-20-40(38)51(26-11-13-28-56)42(47)24-22-33-16-15-17-34(44(33)35-30-36(45(53)49-5)32-37(31-35)46(54)50-6)23-25-43-48(3,4)39-19-8-10-21-41(39)52(43)27-12-14-29-57-55/h7-10,18-25,30-32H,11-17,26-29H2,1-6H3,(H3-,49,50,53,54,55,56)/p+1. The molecule has 2 heterocycles. The number of carbonyl (C=O) groups excluding carboxylic acids is 2. The van der Waals surface area contributed by atoms with E-state index in [1.165, 1.54) is 45.1 Å². The van der Waals surface area contributed by atoms with Crippen molar-refractivity contribution < 1.29 is 18.7 Å². The number of fused-ring (bicyclic) bond motifs is 2. The van der Waals surface area contributed by atoms with Crippen LogP contribution < -0.4 is 15.5 Å². The van der Waals surface area contributed by atoms with Gasteiger partial charge in [0.1, 0.15) is 6.54 Å². The van der Waals surface area contributed by atoms with Crippen molar-refractivity contribution in [3.05, 3.63) is 136 Å². The van der Waals surface area contributed by atoms with E-state index < -0.39 is 0 Å². The topological polar surface area (TPSA) is 84.7 Å². The third-order valence-electron chi connectivity index (χ3n) is 11.9. The third-order valence-corrected chi connectivity index (χ3v) is 12.7. The van der Waals surface area contributed by atoms with Crippen LogP contribution in [0.5, 0.6) is 0 Å². The van der Waals surface area contributed by atoms with Crippen molar-refractivity contribution in [1.82, 2.24) is 10.6 Å². The number of benzene rings is 3. The smallest absolute Gasteiger partial charge is 0.251 e. The van der Waals surface area contributed by atoms with Gasteiger partial charge < -0.3 is 20.1 Å². The predicted octanol–water partition coefficient (Wildman–Crippen LogP) is 10.3. The van der Waals surface area contributed by atoms with Gasteiger partial charge in [-0.05, 0) is 128 Å². The van der Waals surface area contributed by atoms with Crippen LogP contribution in [0.2, 0.25) is 0 Å². The molecule has 1 aliphatic carbocycles. The van der Waals surface area contributed by atoms with Crippen LogP contribution >= 0.6 is 24.7 Å². The van der Waals surface area contributed by atoms with E-state index in [9.17, 15) is 14.1 Å². The van der Waals surface area contributed by atoms with Gasteiger partial charge >= 0.3 is 0 Å². The summed E-state index contributed by atoms with van der Waals surface area (Å²) in [5.41, 5.74) is 12.4. The van der Waals surface area contributed by atoms with E-state index in [1.54, 1.807) is 20.2 Å². The SMILES string of the molecule is CNC(=O)c1cc(C(=O)NC)cc(C2=C(/C=C/C3=[N+](CCCCS)c4ccccc4C3(C)C)CCC/C2=C\C=C2\N(CCCCSO)c3ccccc3C2(C)C)c1. The summed E-state index contributed by atoms with van der Waals surface area (Å²) in [6.07, 6.45) is 15.9. The molecular formula is C48H59N4O3S2+. The Morgan fingerprint density at radius 1 is 0.842 bits per heavy atom. The Kier molecular flexibility index (Phi) is 13.7. The molecule has 0 aromatic heterocycles. The second-order valence-corrected chi connectivity index (χ2v) is 17.3. The molecule has 9 heteroatoms. The Balaban J connectivity index is 1.54. The van der Waals surface area contributed by atoms with Crippen molar-refractivity contribution in [2.75, 3.05) is 43.6 Å². The second kappa shape index (κ2) is 18.5. The van der Waals surface area contributed by atoms with Gasteiger partial charge in [-0.25, -0.2) is 0 Å². The lowest BCUT2D eigenvalue weighted by Gasteiger charge is -2.28. The molecule has 0 radical (unpaired) electrons. The van der Waals surface area contributed by atoms with E-state index in [4.69, 9.17) is 0 Å². The Morgan fingerprint density at radius 3 is 2.21 bits per heavy atom. The van der Waals surface area contributed by atoms with E-state index in [1.807, 2.05) is 12.1 Å². The maximum Gasteiger partial charge on any atom is 0.251 e. The van der Waals surface area contributed by atoms with Crippen LogP contribution in [-0.2, 0) is 10.8 Å². The number of carbonyl (C=O) groups is 2. The number of nitrogens with one attached hydrogen (secondary N) is 2. The van der Waals surface area contributed by atoms with Crippen molar-refractivity contribution in [3.63, 3.8) is 0 Å². The number of hydrogen-bond donors (Lipinski definition) is 4. The molecule has 0 unspecified atom stereocenters. The van der Waals surface area contributed by atoms with Gasteiger partial charge in [0.25, 0.3) is 11.8 Å². The lowest BCUT2D eigenvalue weighted by molar-refractivity contribution is -0.438. The minimum atomic E-state index is -0.234. The second-order valence-electron chi connectivity index (χ2n) is 16.2. The molecule has 2 amide bonds. The molecule has 7 nitrogen and oxygen atoms in total. The first kappa shape index (κ1) is 42.3. The van der Waals surface area contributed by atoms with E-state index in [-0.39, 0.29) is 22.6 Å². The molecule has 3 aromatic carbocycles. The summed E-state index contributed by atoms with van der Waals surface area (Å²) in [6.45, 7) is 11.0. The molecule has 2 aliphatic heterocycles. The fraction of sp³-hybridized carbons (Fsp3) is 0.396. The van der Waals surface area contributed by atoms with Gasteiger partial charge in [-0.2, -0.15) is 17.2 Å². The normalized spacial score (nSPS) is 18.5. The number of anilines is 1. The average molecular weight is 804 g/mol. The fourth-order valence-corrected chi connectivity index (χ4v) is 9.45. The summed E-state index contributed by atoms with van der Waals surface area (Å²) in [5, 5.41) is 5.55. The van der Waals surface area contributed by atoms with Crippen LogP contribution in [0.1, 0.15) is 110 Å². The van der Waals surface area contributed by atoms with Crippen LogP contribution in [-0.4, -0.2) is 65.3 Å². The minimum Gasteiger partial charge on any atom is -0.355 e. The zero-order chi connectivity index (χ0) is 40.7. The van der Waals surface area contributed by atoms with E-state index >= 15 is 0 Å². The molecule has 0 atom stereocenters. The van der Waals surface area contributed by atoms with Crippen molar-refractivity contribution in [2.45, 2.75) is 83.5 Å². The quantitative estimate of drug-likeness (QED) is 0.0532. The van der Waals surface area contributed by atoms with Crippen LogP contribution in [0.4, 0.5) is 11.4 Å². The van der Waals surface area contributed by atoms with Crippen molar-refractivity contribution in [1.29, 1.82) is 0 Å². The maximum absolute atomic E-state index is 13.2. The number of nitrogens with zero attached hydrogens (tertiary/aromatic N) is 2. The number of allylic oxidation sites excluding steroid dienone is 8. The number of thiol groups is 1. The van der Waals surface area contributed by atoms with Crippen LogP contribution in [0.3, 0.4) is 0 Å². The molecule has 3 aromatic rings. The first-order valence-corrected chi connectivity index (χ1v) is 22.0. The van der Waals surface area contributed by atoms with E-state index in [0.717, 1.165) is 92.7 Å². The van der Waals surface area contributed by atoms with E-state index in [0.29, 0.717) is 11.1 Å². The Morgan fingerprint density at radius 2 is 1.53 bits per heavy atom. The van der Waals surface area contributed by atoms with Gasteiger partial charge in [0.15, 0.2) is 5.71 Å². The highest BCUT2D eigenvalue weighted by atomic mass is 32.2. The van der Waals surface area contributed by atoms with Gasteiger partial charge in [-0.15, -0.1) is 0 Å². The number of para-hydroxylation sites is 2. The summed E-state index contributed by atoms with van der Waals surface area (Å²) in [6, 6.07) is 23.0. The molecule has 300 valence electrons. The molecule has 57 heavy (non-hydrogen) atoms. The number of hydrogen-bond acceptors (Lipinski definition) is 6. The molecule has 0 saturated heterocycles. The minimum absolute atomic E-state index is 0.194. The van der Waals surface area contributed by atoms with Crippen LogP contribution in [0, 0.1) is 0 Å². The van der Waals surface area contributed by atoms with Crippen molar-refractivity contribution in [3.8, 4) is 0 Å². The molecule has 0 saturated carbocycles. The monoisotopic (exact) mass is 803 g/mol. The highest BCUT2D eigenvalue weighted by Crippen LogP contribution is 2.48. The number of amides is 2. The number of unbranched alkanes of at least 4 members (excludes halogenated alkanes) is 2. The molecule has 0 spiro atoms. The van der Waals surface area contributed by atoms with Gasteiger partial charge in [0.05, 0.1) is 5.41 Å². The van der Waals surface area contributed by atoms with Gasteiger partial charge in [0, 0.05) is 78.4 Å². The summed E-state index contributed by atoms with van der Waals surface area (Å²) in [4.78, 5) is 28.9. The summed E-state index contributed by atoms with van der Waals surface area (Å²) in [7, 11) is 3.24. The molecule has 3 N–H and O–H groups in total. The Bertz CT molecular complexity index is 2120. The maximum atomic E-state index is 13.2. The Labute approximate surface area is 349 Å². The van der Waals surface area contributed by atoms with Crippen molar-refractivity contribution >= 4 is 59.1 Å². The first-order chi connectivity index (χ1) is 27.5. The van der Waals surface area contributed by atoms with Gasteiger partial charge in [-0.3, -0.25) is 9.59 Å². The lowest BCUT2D eigenvalue weighted by atomic mass is 9.79. The number of rotatable bonds is 15. The van der Waals surface area contributed by atoms with Crippen LogP contribution in [0.15, 0.2) is 108 Å². The average Bonchev–Trinajstić information content (AvgIpc) is 3.57. The first-order valence-electron chi connectivity index (χ1n) is 20.4. The predicted molar refractivity (Wildman–Crippen MR) is 243 cm³/mol. The molecule has 3 aliphatic rings. The van der Waals surface area contributed by atoms with Crippen molar-refractivity contribution in [2.24, 2.45) is 0 Å². The Hall–Kier alpha value is -4.31. The van der Waals surface area contributed by atoms with Gasteiger partial charge in [0.2, 0.25) is 5.69 Å². The third kappa shape index (κ3) is 8.76. The fourth-order valence-electron chi connectivity index (χ4n) is 8.89. The summed E-state index contributed by atoms with van der Waals surface area (Å²) in [5.74, 6) is 1.11. The van der Waals surface area contributed by atoms with Crippen LogP contribution in [0.25, 0.3) is 5.57 Å². The molecule has 0 fully saturated rings. The largest absolute Gasteiger partial charge is 0.355 e. The zero-order valence-corrected chi connectivity index (χ0v) is 36.2. The summed E-state index contributed by atoms with van der Waals surface area (Å²) < 4.78 is 11.9. The highest BCUT2D eigenvalue weighted by molar-refractivity contribution is 7.93. The summed E-state index contributed by atoms with van der Waals surface area (Å²) >= 11 is 5.41. The van der Waals surface area contributed by atoms with E-state index in [2.05, 4.69) is 133 Å². The molecule has 0 bridgehead atoms.